The van der Waals surface area contributed by atoms with E-state index in [1.54, 1.807) is 32.4 Å². The third-order valence-electron chi connectivity index (χ3n) is 6.92. The highest BCUT2D eigenvalue weighted by Crippen LogP contribution is 2.54. The number of nitrogen functional groups attached to an aromatic ring is 1. The lowest BCUT2D eigenvalue weighted by Gasteiger charge is -2.25. The molecule has 0 bridgehead atoms. The Bertz CT molecular complexity index is 1270. The summed E-state index contributed by atoms with van der Waals surface area (Å²) in [5.41, 5.74) is 8.27. The Kier molecular flexibility index (Phi) is 5.08. The van der Waals surface area contributed by atoms with Crippen LogP contribution in [0.1, 0.15) is 46.9 Å². The number of rotatable bonds is 3. The molecule has 1 saturated carbocycles. The lowest BCUT2D eigenvalue weighted by Crippen LogP contribution is -2.26. The quantitative estimate of drug-likeness (QED) is 0.555. The number of fused-ring (bicyclic) bond motifs is 2. The van der Waals surface area contributed by atoms with Crippen molar-refractivity contribution in [3.05, 3.63) is 58.3 Å². The van der Waals surface area contributed by atoms with Crippen LogP contribution in [0.25, 0.3) is 11.1 Å². The van der Waals surface area contributed by atoms with Crippen molar-refractivity contribution in [2.24, 2.45) is 0 Å². The van der Waals surface area contributed by atoms with Gasteiger partial charge in [-0.25, -0.2) is 9.37 Å². The molecule has 1 amide bonds. The van der Waals surface area contributed by atoms with Gasteiger partial charge < -0.3 is 16.0 Å². The third kappa shape index (κ3) is 3.35. The first-order chi connectivity index (χ1) is 15.7. The fraction of sp³-hybridized carbons (Fsp3) is 0.375. The summed E-state index contributed by atoms with van der Waals surface area (Å²) >= 11 is 6.97. The molecule has 1 aliphatic heterocycles. The highest BCUT2D eigenvalue weighted by molar-refractivity contribution is 6.34. The van der Waals surface area contributed by atoms with Gasteiger partial charge in [-0.15, -0.1) is 0 Å². The van der Waals surface area contributed by atoms with Crippen LogP contribution in [-0.4, -0.2) is 46.2 Å². The SMILES string of the molecule is Cc1ccn([C@H]2CC[C@]3(CNc4ncc(-c5ccc(N)c(C(=O)N(C)C)c5F)c(Cl)c43)C2)n1. The van der Waals surface area contributed by atoms with Crippen molar-refractivity contribution in [1.82, 2.24) is 19.7 Å². The fourth-order valence-electron chi connectivity index (χ4n) is 5.22. The zero-order chi connectivity index (χ0) is 23.5. The Morgan fingerprint density at radius 3 is 2.82 bits per heavy atom. The Hall–Kier alpha value is -3.13. The van der Waals surface area contributed by atoms with Gasteiger partial charge >= 0.3 is 0 Å². The van der Waals surface area contributed by atoms with Gasteiger partial charge in [-0.1, -0.05) is 11.6 Å². The normalized spacial score (nSPS) is 21.3. The van der Waals surface area contributed by atoms with Crippen molar-refractivity contribution in [1.29, 1.82) is 0 Å². The van der Waals surface area contributed by atoms with Gasteiger partial charge in [0, 0.05) is 60.8 Å². The average molecular weight is 469 g/mol. The summed E-state index contributed by atoms with van der Waals surface area (Å²) in [7, 11) is 3.12. The Morgan fingerprint density at radius 1 is 1.33 bits per heavy atom. The maximum absolute atomic E-state index is 15.6. The van der Waals surface area contributed by atoms with Gasteiger partial charge in [-0.2, -0.15) is 5.10 Å². The van der Waals surface area contributed by atoms with Gasteiger partial charge in [0.1, 0.15) is 11.6 Å². The summed E-state index contributed by atoms with van der Waals surface area (Å²) in [6.45, 7) is 2.71. The molecule has 1 fully saturated rings. The molecular weight excluding hydrogens is 443 g/mol. The molecule has 2 aromatic heterocycles. The second-order valence-corrected chi connectivity index (χ2v) is 9.65. The van der Waals surface area contributed by atoms with Crippen LogP contribution in [0.15, 0.2) is 30.6 Å². The molecular formula is C24H26ClFN6O. The first-order valence-electron chi connectivity index (χ1n) is 11.0. The summed E-state index contributed by atoms with van der Waals surface area (Å²) < 4.78 is 17.6. The molecule has 7 nitrogen and oxygen atoms in total. The number of nitrogens with two attached hydrogens (primary N) is 1. The van der Waals surface area contributed by atoms with Crippen LogP contribution in [0, 0.1) is 12.7 Å². The maximum Gasteiger partial charge on any atom is 0.258 e. The van der Waals surface area contributed by atoms with Gasteiger partial charge in [0.2, 0.25) is 0 Å². The highest BCUT2D eigenvalue weighted by Gasteiger charge is 2.48. The van der Waals surface area contributed by atoms with Gasteiger partial charge in [-0.05, 0) is 44.4 Å². The number of anilines is 2. The molecule has 2 aliphatic rings. The van der Waals surface area contributed by atoms with Gasteiger partial charge in [0.05, 0.1) is 22.3 Å². The summed E-state index contributed by atoms with van der Waals surface area (Å²) in [5, 5.41) is 8.47. The third-order valence-corrected chi connectivity index (χ3v) is 7.32. The zero-order valence-corrected chi connectivity index (χ0v) is 19.6. The smallest absolute Gasteiger partial charge is 0.258 e. The molecule has 9 heteroatoms. The Morgan fingerprint density at radius 2 is 2.12 bits per heavy atom. The van der Waals surface area contributed by atoms with E-state index in [0.717, 1.165) is 42.9 Å². The number of nitrogens with one attached hydrogen (secondary N) is 1. The van der Waals surface area contributed by atoms with Gasteiger partial charge in [0.25, 0.3) is 5.91 Å². The number of carbonyl (C=O) groups excluding carboxylic acids is 1. The van der Waals surface area contributed by atoms with Crippen molar-refractivity contribution in [2.75, 3.05) is 31.7 Å². The van der Waals surface area contributed by atoms with Crippen LogP contribution in [-0.2, 0) is 5.41 Å². The molecule has 3 heterocycles. The van der Waals surface area contributed by atoms with Crippen LogP contribution in [0.5, 0.6) is 0 Å². The Labute approximate surface area is 196 Å². The minimum absolute atomic E-state index is 0.0893. The molecule has 1 aromatic carbocycles. The number of amides is 1. The number of aromatic nitrogens is 3. The molecule has 33 heavy (non-hydrogen) atoms. The number of hydrogen-bond acceptors (Lipinski definition) is 5. The number of nitrogens with zero attached hydrogens (tertiary/aromatic N) is 4. The van der Waals surface area contributed by atoms with Crippen molar-refractivity contribution in [3.63, 3.8) is 0 Å². The zero-order valence-electron chi connectivity index (χ0n) is 18.8. The molecule has 0 unspecified atom stereocenters. The lowest BCUT2D eigenvalue weighted by atomic mass is 9.80. The number of hydrogen-bond donors (Lipinski definition) is 2. The predicted molar refractivity (Wildman–Crippen MR) is 127 cm³/mol. The van der Waals surface area contributed by atoms with E-state index in [1.807, 2.05) is 23.9 Å². The molecule has 3 N–H and O–H groups in total. The highest BCUT2D eigenvalue weighted by atomic mass is 35.5. The predicted octanol–water partition coefficient (Wildman–Crippen LogP) is 4.42. The van der Waals surface area contributed by atoms with Crippen LogP contribution < -0.4 is 11.1 Å². The van der Waals surface area contributed by atoms with E-state index in [2.05, 4.69) is 15.4 Å². The summed E-state index contributed by atoms with van der Waals surface area (Å²) in [4.78, 5) is 18.4. The number of aryl methyl sites for hydroxylation is 1. The minimum Gasteiger partial charge on any atom is -0.398 e. The van der Waals surface area contributed by atoms with Crippen LogP contribution in [0.3, 0.4) is 0 Å². The number of halogens is 2. The van der Waals surface area contributed by atoms with Crippen molar-refractivity contribution < 1.29 is 9.18 Å². The maximum atomic E-state index is 15.6. The van der Waals surface area contributed by atoms with Crippen molar-refractivity contribution in [3.8, 4) is 11.1 Å². The molecule has 3 aromatic rings. The second-order valence-electron chi connectivity index (χ2n) is 9.27. The Balaban J connectivity index is 1.58. The lowest BCUT2D eigenvalue weighted by molar-refractivity contribution is 0.0824. The van der Waals surface area contributed by atoms with E-state index in [1.165, 1.54) is 4.90 Å². The largest absolute Gasteiger partial charge is 0.398 e. The number of carbonyl (C=O) groups is 1. The topological polar surface area (TPSA) is 89.1 Å². The van der Waals surface area contributed by atoms with Crippen molar-refractivity contribution >= 4 is 29.0 Å². The molecule has 2 atom stereocenters. The second kappa shape index (κ2) is 7.73. The monoisotopic (exact) mass is 468 g/mol. The average Bonchev–Trinajstić information content (AvgIpc) is 3.49. The standard InChI is InChI=1S/C24H26ClFN6O/c1-13-7-9-32(30-13)14-6-8-24(10-14)12-29-22-19(24)20(25)16(11-28-22)15-4-5-17(27)18(21(15)26)23(33)31(2)3/h4-5,7,9,11,14H,6,8,10,12,27H2,1-3H3,(H,28,29)/t14-,24+/m0/s1. The van der Waals surface area contributed by atoms with E-state index in [4.69, 9.17) is 17.3 Å². The first-order valence-corrected chi connectivity index (χ1v) is 11.3. The molecule has 1 aliphatic carbocycles. The van der Waals surface area contributed by atoms with Gasteiger partial charge in [0.15, 0.2) is 0 Å². The van der Waals surface area contributed by atoms with E-state index in [-0.39, 0.29) is 28.3 Å². The van der Waals surface area contributed by atoms with E-state index in [0.29, 0.717) is 10.6 Å². The summed E-state index contributed by atoms with van der Waals surface area (Å²) in [6.07, 6.45) is 6.35. The van der Waals surface area contributed by atoms with Crippen LogP contribution in [0.2, 0.25) is 5.02 Å². The number of benzene rings is 1. The van der Waals surface area contributed by atoms with E-state index in [9.17, 15) is 4.79 Å². The molecule has 0 saturated heterocycles. The number of pyridine rings is 1. The van der Waals surface area contributed by atoms with E-state index >= 15 is 4.39 Å². The van der Waals surface area contributed by atoms with E-state index < -0.39 is 11.7 Å². The minimum atomic E-state index is -0.686. The van der Waals surface area contributed by atoms with Gasteiger partial charge in [-0.3, -0.25) is 9.48 Å². The van der Waals surface area contributed by atoms with Crippen molar-refractivity contribution in [2.45, 2.75) is 37.6 Å². The van der Waals surface area contributed by atoms with Crippen LogP contribution in [0.4, 0.5) is 15.9 Å². The molecule has 5 rings (SSSR count). The molecule has 1 spiro atoms. The fourth-order valence-corrected chi connectivity index (χ4v) is 5.66. The van der Waals surface area contributed by atoms with Crippen LogP contribution >= 0.6 is 11.6 Å². The summed E-state index contributed by atoms with van der Waals surface area (Å²) in [6, 6.07) is 5.38. The first kappa shape index (κ1) is 21.7. The molecule has 172 valence electrons. The molecule has 0 radical (unpaired) electrons. The summed E-state index contributed by atoms with van der Waals surface area (Å²) in [5.74, 6) is -0.446.